The number of nitrogens with zero attached hydrogens (tertiary/aromatic N) is 1. The van der Waals surface area contributed by atoms with Crippen LogP contribution in [0, 0.1) is 11.8 Å². The molecule has 1 saturated heterocycles. The third-order valence-electron chi connectivity index (χ3n) is 4.50. The lowest BCUT2D eigenvalue weighted by Gasteiger charge is -2.38. The molecule has 1 fully saturated rings. The molecule has 112 valence electrons. The maximum Gasteiger partial charge on any atom is 0.407 e. The van der Waals surface area contributed by atoms with Crippen LogP contribution in [0.1, 0.15) is 24.5 Å². The highest BCUT2D eigenvalue weighted by Gasteiger charge is 2.41. The van der Waals surface area contributed by atoms with Gasteiger partial charge in [0.25, 0.3) is 0 Å². The van der Waals surface area contributed by atoms with Crippen molar-refractivity contribution in [2.75, 3.05) is 18.4 Å². The second-order valence-corrected chi connectivity index (χ2v) is 5.65. The fraction of sp³-hybridized carbons (Fsp3) is 0.467. The van der Waals surface area contributed by atoms with Crippen LogP contribution in [0.2, 0.25) is 0 Å². The Labute approximate surface area is 122 Å². The average molecular weight is 290 g/mol. The Balaban J connectivity index is 1.77. The molecule has 2 unspecified atom stereocenters. The minimum absolute atomic E-state index is 0.00366. The van der Waals surface area contributed by atoms with Gasteiger partial charge in [-0.15, -0.1) is 0 Å². The van der Waals surface area contributed by atoms with E-state index in [1.165, 1.54) is 4.90 Å². The molecule has 0 bridgehead atoms. The van der Waals surface area contributed by atoms with E-state index in [1.807, 2.05) is 18.2 Å². The minimum Gasteiger partial charge on any atom is -0.465 e. The maximum absolute atomic E-state index is 12.3. The Morgan fingerprint density at radius 2 is 1.90 bits per heavy atom. The summed E-state index contributed by atoms with van der Waals surface area (Å²) in [6.07, 6.45) is -0.545. The van der Waals surface area contributed by atoms with Crippen molar-refractivity contribution in [2.24, 2.45) is 11.8 Å². The van der Waals surface area contributed by atoms with Gasteiger partial charge in [-0.3, -0.25) is 4.79 Å². The first-order valence-electron chi connectivity index (χ1n) is 7.13. The number of carbonyl (C=O) groups is 2. The van der Waals surface area contributed by atoms with Gasteiger partial charge in [-0.1, -0.05) is 18.2 Å². The molecule has 3 N–H and O–H groups in total. The van der Waals surface area contributed by atoms with E-state index in [1.54, 1.807) is 6.07 Å². The van der Waals surface area contributed by atoms with Gasteiger partial charge in [0.1, 0.15) is 0 Å². The van der Waals surface area contributed by atoms with Gasteiger partial charge in [0, 0.05) is 24.3 Å². The van der Waals surface area contributed by atoms with Crippen LogP contribution >= 0.6 is 0 Å². The van der Waals surface area contributed by atoms with Crippen molar-refractivity contribution in [3.05, 3.63) is 29.8 Å². The molecule has 2 aliphatic heterocycles. The number of aliphatic hydroxyl groups excluding tert-OH is 1. The molecular formula is C15H18N2O4. The molecule has 2 heterocycles. The Hall–Kier alpha value is -2.08. The van der Waals surface area contributed by atoms with Crippen molar-refractivity contribution in [1.82, 2.24) is 4.90 Å². The van der Waals surface area contributed by atoms with Crippen molar-refractivity contribution in [1.29, 1.82) is 0 Å². The predicted octanol–water partition coefficient (Wildman–Crippen LogP) is 1.68. The SMILES string of the molecule is O=C1Nc2ccccc2C(O)C1C1CCN(C(=O)O)CC1. The summed E-state index contributed by atoms with van der Waals surface area (Å²) in [4.78, 5) is 24.6. The Morgan fingerprint density at radius 1 is 1.24 bits per heavy atom. The molecule has 0 radical (unpaired) electrons. The summed E-state index contributed by atoms with van der Waals surface area (Å²) in [6, 6.07) is 7.25. The summed E-state index contributed by atoms with van der Waals surface area (Å²) in [5, 5.41) is 22.3. The molecule has 2 aliphatic rings. The lowest BCUT2D eigenvalue weighted by Crippen LogP contribution is -2.44. The number of para-hydroxylation sites is 1. The van der Waals surface area contributed by atoms with Crippen molar-refractivity contribution in [2.45, 2.75) is 18.9 Å². The first kappa shape index (κ1) is 13.9. The number of likely N-dealkylation sites (tertiary alicyclic amines) is 1. The number of rotatable bonds is 1. The van der Waals surface area contributed by atoms with E-state index in [0.717, 1.165) is 5.56 Å². The van der Waals surface area contributed by atoms with Gasteiger partial charge in [0.2, 0.25) is 5.91 Å². The zero-order valence-electron chi connectivity index (χ0n) is 11.5. The second kappa shape index (κ2) is 5.37. The smallest absolute Gasteiger partial charge is 0.407 e. The number of hydrogen-bond donors (Lipinski definition) is 3. The zero-order valence-corrected chi connectivity index (χ0v) is 11.5. The largest absolute Gasteiger partial charge is 0.465 e. The highest BCUT2D eigenvalue weighted by atomic mass is 16.4. The summed E-state index contributed by atoms with van der Waals surface area (Å²) in [7, 11) is 0. The highest BCUT2D eigenvalue weighted by Crippen LogP contribution is 2.40. The van der Waals surface area contributed by atoms with E-state index in [9.17, 15) is 14.7 Å². The number of fused-ring (bicyclic) bond motifs is 1. The van der Waals surface area contributed by atoms with E-state index in [0.29, 0.717) is 31.6 Å². The molecule has 2 atom stereocenters. The summed E-state index contributed by atoms with van der Waals surface area (Å²) < 4.78 is 0. The van der Waals surface area contributed by atoms with Crippen molar-refractivity contribution in [3.63, 3.8) is 0 Å². The standard InChI is InChI=1S/C15H18N2O4/c18-13-10-3-1-2-4-11(10)16-14(19)12(13)9-5-7-17(8-6-9)15(20)21/h1-4,9,12-13,18H,5-8H2,(H,16,19)(H,20,21). The first-order chi connectivity index (χ1) is 10.1. The number of hydrogen-bond acceptors (Lipinski definition) is 3. The molecule has 2 amide bonds. The number of nitrogens with one attached hydrogen (secondary N) is 1. The number of aliphatic hydroxyl groups is 1. The van der Waals surface area contributed by atoms with Crippen LogP contribution in [-0.2, 0) is 4.79 Å². The monoisotopic (exact) mass is 290 g/mol. The average Bonchev–Trinajstić information content (AvgIpc) is 2.48. The van der Waals surface area contributed by atoms with Crippen LogP contribution in [0.15, 0.2) is 24.3 Å². The number of amides is 2. The fourth-order valence-corrected chi connectivity index (χ4v) is 3.34. The molecule has 1 aromatic carbocycles. The summed E-state index contributed by atoms with van der Waals surface area (Å²) >= 11 is 0. The van der Waals surface area contributed by atoms with Gasteiger partial charge < -0.3 is 20.4 Å². The number of carboxylic acid groups (broad SMARTS) is 1. The van der Waals surface area contributed by atoms with Gasteiger partial charge in [-0.2, -0.15) is 0 Å². The van der Waals surface area contributed by atoms with Crippen LogP contribution in [0.25, 0.3) is 0 Å². The number of anilines is 1. The van der Waals surface area contributed by atoms with Gasteiger partial charge >= 0.3 is 6.09 Å². The van der Waals surface area contributed by atoms with Gasteiger partial charge in [-0.05, 0) is 24.8 Å². The van der Waals surface area contributed by atoms with Crippen LogP contribution in [0.4, 0.5) is 10.5 Å². The molecule has 0 spiro atoms. The second-order valence-electron chi connectivity index (χ2n) is 5.65. The zero-order chi connectivity index (χ0) is 15.0. The van der Waals surface area contributed by atoms with E-state index < -0.39 is 18.1 Å². The van der Waals surface area contributed by atoms with Crippen molar-refractivity contribution in [3.8, 4) is 0 Å². The topological polar surface area (TPSA) is 89.9 Å². The van der Waals surface area contributed by atoms with Crippen LogP contribution in [0.3, 0.4) is 0 Å². The number of carbonyl (C=O) groups excluding carboxylic acids is 1. The lowest BCUT2D eigenvalue weighted by atomic mass is 9.76. The van der Waals surface area contributed by atoms with E-state index in [-0.39, 0.29) is 11.8 Å². The number of piperidine rings is 1. The molecule has 1 aromatic rings. The molecule has 21 heavy (non-hydrogen) atoms. The van der Waals surface area contributed by atoms with Crippen LogP contribution in [0.5, 0.6) is 0 Å². The molecule has 0 aromatic heterocycles. The maximum atomic E-state index is 12.3. The molecule has 3 rings (SSSR count). The predicted molar refractivity (Wildman–Crippen MR) is 75.8 cm³/mol. The summed E-state index contributed by atoms with van der Waals surface area (Å²) in [5.74, 6) is -0.672. The third-order valence-corrected chi connectivity index (χ3v) is 4.50. The van der Waals surface area contributed by atoms with E-state index >= 15 is 0 Å². The Bertz CT molecular complexity index is 567. The van der Waals surface area contributed by atoms with Crippen molar-refractivity contribution >= 4 is 17.7 Å². The number of benzene rings is 1. The normalized spacial score (nSPS) is 26.1. The molecular weight excluding hydrogens is 272 g/mol. The Kier molecular flexibility index (Phi) is 3.55. The molecule has 6 heteroatoms. The van der Waals surface area contributed by atoms with Crippen LogP contribution < -0.4 is 5.32 Å². The van der Waals surface area contributed by atoms with E-state index in [2.05, 4.69) is 5.32 Å². The summed E-state index contributed by atoms with van der Waals surface area (Å²) in [6.45, 7) is 0.830. The van der Waals surface area contributed by atoms with E-state index in [4.69, 9.17) is 5.11 Å². The highest BCUT2D eigenvalue weighted by molar-refractivity contribution is 5.96. The van der Waals surface area contributed by atoms with Crippen LogP contribution in [-0.4, -0.2) is 40.2 Å². The van der Waals surface area contributed by atoms with Gasteiger partial charge in [0.15, 0.2) is 0 Å². The summed E-state index contributed by atoms with van der Waals surface area (Å²) in [5.41, 5.74) is 1.40. The minimum atomic E-state index is -0.924. The Morgan fingerprint density at radius 3 is 2.57 bits per heavy atom. The first-order valence-corrected chi connectivity index (χ1v) is 7.13. The fourth-order valence-electron chi connectivity index (χ4n) is 3.34. The van der Waals surface area contributed by atoms with Gasteiger partial charge in [-0.25, -0.2) is 4.79 Å². The molecule has 6 nitrogen and oxygen atoms in total. The quantitative estimate of drug-likeness (QED) is 0.734. The molecule has 0 aliphatic carbocycles. The third kappa shape index (κ3) is 2.47. The van der Waals surface area contributed by atoms with Gasteiger partial charge in [0.05, 0.1) is 12.0 Å². The van der Waals surface area contributed by atoms with Crippen molar-refractivity contribution < 1.29 is 19.8 Å². The molecule has 0 saturated carbocycles. The lowest BCUT2D eigenvalue weighted by molar-refractivity contribution is -0.127.